The first kappa shape index (κ1) is 17.9. The van der Waals surface area contributed by atoms with Gasteiger partial charge >= 0.3 is 6.03 Å². The highest BCUT2D eigenvalue weighted by Crippen LogP contribution is 2.14. The highest BCUT2D eigenvalue weighted by atomic mass is 32.2. The van der Waals surface area contributed by atoms with Gasteiger partial charge in [0.1, 0.15) is 0 Å². The molecule has 3 amide bonds. The van der Waals surface area contributed by atoms with Crippen LogP contribution in [-0.4, -0.2) is 42.9 Å². The second kappa shape index (κ2) is 7.52. The Labute approximate surface area is 150 Å². The van der Waals surface area contributed by atoms with Crippen LogP contribution in [0.15, 0.2) is 48.8 Å². The third-order valence-corrected chi connectivity index (χ3v) is 5.68. The van der Waals surface area contributed by atoms with Gasteiger partial charge in [0.2, 0.25) is 0 Å². The zero-order chi connectivity index (χ0) is 18.6. The van der Waals surface area contributed by atoms with E-state index in [0.717, 1.165) is 0 Å². The number of hydrogen-bond donors (Lipinski definition) is 3. The fraction of sp³-hybridized carbons (Fsp3) is 0.235. The van der Waals surface area contributed by atoms with E-state index in [-0.39, 0.29) is 23.5 Å². The van der Waals surface area contributed by atoms with Crippen LogP contribution in [0.4, 0.5) is 16.2 Å². The Morgan fingerprint density at radius 2 is 1.62 bits per heavy atom. The van der Waals surface area contributed by atoms with Gasteiger partial charge in [0.25, 0.3) is 5.91 Å². The number of hydrogen-bond acceptors (Lipinski definition) is 5. The van der Waals surface area contributed by atoms with E-state index < -0.39 is 15.9 Å². The molecular formula is C17H18N4O4S. The van der Waals surface area contributed by atoms with Gasteiger partial charge < -0.3 is 16.0 Å². The average molecular weight is 374 g/mol. The Balaban J connectivity index is 1.54. The van der Waals surface area contributed by atoms with E-state index in [1.807, 2.05) is 0 Å². The minimum absolute atomic E-state index is 0.0332. The van der Waals surface area contributed by atoms with Crippen molar-refractivity contribution in [1.29, 1.82) is 0 Å². The van der Waals surface area contributed by atoms with Gasteiger partial charge in [-0.15, -0.1) is 0 Å². The molecule has 0 bridgehead atoms. The van der Waals surface area contributed by atoms with Crippen LogP contribution in [-0.2, 0) is 9.84 Å². The Bertz CT molecular complexity index is 898. The molecule has 0 spiro atoms. The number of nitrogens with one attached hydrogen (secondary N) is 3. The molecule has 0 saturated carbocycles. The van der Waals surface area contributed by atoms with E-state index in [2.05, 4.69) is 20.9 Å². The standard InChI is InChI=1S/C17H18N4O4S/c22-16(19-14-5-8-18-9-6-14)12-1-3-13(4-2-12)20-17(23)21-15-7-10-26(24,25)11-15/h1-6,8-9,15H,7,10-11H2,(H,18,19,22)(H2,20,21,23)/t15-/m0/s1. The number of amides is 3. The summed E-state index contributed by atoms with van der Waals surface area (Å²) in [5, 5.41) is 8.00. The van der Waals surface area contributed by atoms with Crippen LogP contribution in [0.1, 0.15) is 16.8 Å². The SMILES string of the molecule is O=C(Nc1ccc(C(=O)Nc2ccncc2)cc1)N[C@H]1CCS(=O)(=O)C1. The number of sulfone groups is 1. The molecule has 0 aliphatic carbocycles. The lowest BCUT2D eigenvalue weighted by Gasteiger charge is -2.12. The van der Waals surface area contributed by atoms with Gasteiger partial charge in [-0.25, -0.2) is 13.2 Å². The number of benzene rings is 1. The predicted molar refractivity (Wildman–Crippen MR) is 97.8 cm³/mol. The number of urea groups is 1. The zero-order valence-corrected chi connectivity index (χ0v) is 14.6. The highest BCUT2D eigenvalue weighted by Gasteiger charge is 2.28. The molecule has 8 nitrogen and oxygen atoms in total. The molecule has 0 unspecified atom stereocenters. The smallest absolute Gasteiger partial charge is 0.319 e. The molecule has 1 aliphatic heterocycles. The fourth-order valence-corrected chi connectivity index (χ4v) is 4.28. The van der Waals surface area contributed by atoms with Crippen molar-refractivity contribution < 1.29 is 18.0 Å². The number of anilines is 2. The summed E-state index contributed by atoms with van der Waals surface area (Å²) in [5.41, 5.74) is 1.58. The van der Waals surface area contributed by atoms with Gasteiger partial charge in [-0.1, -0.05) is 0 Å². The van der Waals surface area contributed by atoms with Gasteiger partial charge in [-0.3, -0.25) is 9.78 Å². The van der Waals surface area contributed by atoms with Gasteiger partial charge in [0.15, 0.2) is 9.84 Å². The summed E-state index contributed by atoms with van der Waals surface area (Å²) in [6.45, 7) is 0. The number of nitrogens with zero attached hydrogens (tertiary/aromatic N) is 1. The van der Waals surface area contributed by atoms with Crippen molar-refractivity contribution in [2.75, 3.05) is 22.1 Å². The van der Waals surface area contributed by atoms with Crippen LogP contribution in [0, 0.1) is 0 Å². The average Bonchev–Trinajstić information content (AvgIpc) is 2.94. The lowest BCUT2D eigenvalue weighted by atomic mass is 10.2. The summed E-state index contributed by atoms with van der Waals surface area (Å²) in [6, 6.07) is 8.91. The first-order valence-electron chi connectivity index (χ1n) is 8.01. The topological polar surface area (TPSA) is 117 Å². The molecule has 3 N–H and O–H groups in total. The molecule has 3 rings (SSSR count). The molecule has 2 aromatic rings. The summed E-state index contributed by atoms with van der Waals surface area (Å²) in [4.78, 5) is 28.0. The maximum absolute atomic E-state index is 12.2. The molecule has 0 radical (unpaired) electrons. The van der Waals surface area contributed by atoms with Gasteiger partial charge in [0, 0.05) is 35.4 Å². The molecule has 136 valence electrons. The zero-order valence-electron chi connectivity index (χ0n) is 13.8. The van der Waals surface area contributed by atoms with E-state index in [9.17, 15) is 18.0 Å². The monoisotopic (exact) mass is 374 g/mol. The van der Waals surface area contributed by atoms with Crippen LogP contribution in [0.25, 0.3) is 0 Å². The van der Waals surface area contributed by atoms with Crippen LogP contribution >= 0.6 is 0 Å². The number of aromatic nitrogens is 1. The van der Waals surface area contributed by atoms with Crippen molar-refractivity contribution in [3.05, 3.63) is 54.4 Å². The minimum Gasteiger partial charge on any atom is -0.334 e. The second-order valence-electron chi connectivity index (χ2n) is 5.97. The Hall–Kier alpha value is -2.94. The van der Waals surface area contributed by atoms with Crippen molar-refractivity contribution in [2.45, 2.75) is 12.5 Å². The van der Waals surface area contributed by atoms with E-state index in [1.165, 1.54) is 0 Å². The molecule has 1 aromatic heterocycles. The largest absolute Gasteiger partial charge is 0.334 e. The lowest BCUT2D eigenvalue weighted by molar-refractivity contribution is 0.102. The Kier molecular flexibility index (Phi) is 5.17. The molecule has 1 atom stereocenters. The number of carbonyl (C=O) groups excluding carboxylic acids is 2. The molecule has 1 fully saturated rings. The van der Waals surface area contributed by atoms with E-state index in [0.29, 0.717) is 23.4 Å². The van der Waals surface area contributed by atoms with Crippen LogP contribution in [0.3, 0.4) is 0 Å². The van der Waals surface area contributed by atoms with E-state index in [1.54, 1.807) is 48.8 Å². The summed E-state index contributed by atoms with van der Waals surface area (Å²) < 4.78 is 22.8. The van der Waals surface area contributed by atoms with Crippen molar-refractivity contribution in [3.63, 3.8) is 0 Å². The van der Waals surface area contributed by atoms with Gasteiger partial charge in [-0.2, -0.15) is 0 Å². The van der Waals surface area contributed by atoms with Crippen LogP contribution < -0.4 is 16.0 Å². The van der Waals surface area contributed by atoms with Gasteiger partial charge in [-0.05, 0) is 42.8 Å². The second-order valence-corrected chi connectivity index (χ2v) is 8.19. The fourth-order valence-electron chi connectivity index (χ4n) is 2.60. The summed E-state index contributed by atoms with van der Waals surface area (Å²) >= 11 is 0. The van der Waals surface area contributed by atoms with Crippen LogP contribution in [0.2, 0.25) is 0 Å². The number of carbonyl (C=O) groups is 2. The van der Waals surface area contributed by atoms with Crippen molar-refractivity contribution >= 4 is 33.2 Å². The molecule has 26 heavy (non-hydrogen) atoms. The van der Waals surface area contributed by atoms with Crippen molar-refractivity contribution in [3.8, 4) is 0 Å². The Morgan fingerprint density at radius 3 is 2.23 bits per heavy atom. The first-order chi connectivity index (χ1) is 12.4. The maximum atomic E-state index is 12.2. The van der Waals surface area contributed by atoms with Gasteiger partial charge in [0.05, 0.1) is 11.5 Å². The molecule has 1 aliphatic rings. The summed E-state index contributed by atoms with van der Waals surface area (Å²) in [5.74, 6) is -0.211. The minimum atomic E-state index is -3.05. The molecule has 2 heterocycles. The number of pyridine rings is 1. The molecule has 9 heteroatoms. The maximum Gasteiger partial charge on any atom is 0.319 e. The lowest BCUT2D eigenvalue weighted by Crippen LogP contribution is -2.38. The summed E-state index contributed by atoms with van der Waals surface area (Å²) in [7, 11) is -3.05. The highest BCUT2D eigenvalue weighted by molar-refractivity contribution is 7.91. The van der Waals surface area contributed by atoms with Crippen molar-refractivity contribution in [2.24, 2.45) is 0 Å². The molecular weight excluding hydrogens is 356 g/mol. The number of rotatable bonds is 4. The predicted octanol–water partition coefficient (Wildman–Crippen LogP) is 1.64. The van der Waals surface area contributed by atoms with Crippen molar-refractivity contribution in [1.82, 2.24) is 10.3 Å². The Morgan fingerprint density at radius 1 is 0.962 bits per heavy atom. The summed E-state index contributed by atoms with van der Waals surface area (Å²) in [6.07, 6.45) is 3.58. The third kappa shape index (κ3) is 4.79. The third-order valence-electron chi connectivity index (χ3n) is 3.91. The molecule has 1 saturated heterocycles. The first-order valence-corrected chi connectivity index (χ1v) is 9.83. The normalized spacial score (nSPS) is 18.1. The molecule has 1 aromatic carbocycles. The quantitative estimate of drug-likeness (QED) is 0.752. The van der Waals surface area contributed by atoms with Crippen LogP contribution in [0.5, 0.6) is 0 Å². The van der Waals surface area contributed by atoms with E-state index >= 15 is 0 Å². The van der Waals surface area contributed by atoms with E-state index in [4.69, 9.17) is 0 Å².